The third-order valence-electron chi connectivity index (χ3n) is 5.20. The van der Waals surface area contributed by atoms with Crippen molar-refractivity contribution in [2.45, 2.75) is 39.3 Å². The molecule has 0 spiro atoms. The van der Waals surface area contributed by atoms with E-state index in [1.807, 2.05) is 85.3 Å². The lowest BCUT2D eigenvalue weighted by Crippen LogP contribution is -2.40. The number of aryl methyl sites for hydroxylation is 1. The standard InChI is InChI=1S/C26H31BN6O3/c1-16(30-25(34)36-26(2,3)4)15-35-22-10-17(19-13-29-33(5)14-19)9-21(11-22)31-24-28-12-18-8-20(27)6-7-23(18)32-24/h6-14,16H,15,27H2,1-5H3,(H,30,34)(H,28,31,32)/t16-/m0/s1. The lowest BCUT2D eigenvalue weighted by Gasteiger charge is -2.22. The van der Waals surface area contributed by atoms with Crippen LogP contribution in [0.15, 0.2) is 55.0 Å². The zero-order chi connectivity index (χ0) is 25.9. The van der Waals surface area contributed by atoms with Crippen LogP contribution in [0.3, 0.4) is 0 Å². The molecule has 0 radical (unpaired) electrons. The van der Waals surface area contributed by atoms with Gasteiger partial charge in [-0.25, -0.2) is 14.8 Å². The van der Waals surface area contributed by atoms with Gasteiger partial charge in [0.15, 0.2) is 0 Å². The SMILES string of the molecule is Bc1ccc2nc(Nc3cc(OC[C@H](C)NC(=O)OC(C)(C)C)cc(-c4cnn(C)c4)c3)ncc2c1. The Hall–Kier alpha value is -4.08. The summed E-state index contributed by atoms with van der Waals surface area (Å²) in [5.41, 5.74) is 4.10. The molecule has 4 rings (SSSR count). The van der Waals surface area contributed by atoms with E-state index in [0.29, 0.717) is 11.7 Å². The Morgan fingerprint density at radius 2 is 1.94 bits per heavy atom. The first-order valence-electron chi connectivity index (χ1n) is 11.8. The maximum Gasteiger partial charge on any atom is 0.407 e. The highest BCUT2D eigenvalue weighted by Gasteiger charge is 2.18. The van der Waals surface area contributed by atoms with Gasteiger partial charge in [-0.1, -0.05) is 17.6 Å². The van der Waals surface area contributed by atoms with Crippen molar-refractivity contribution in [3.8, 4) is 16.9 Å². The molecule has 1 amide bonds. The fourth-order valence-electron chi connectivity index (χ4n) is 3.61. The topological polar surface area (TPSA) is 103 Å². The van der Waals surface area contributed by atoms with Gasteiger partial charge in [-0.2, -0.15) is 5.10 Å². The Morgan fingerprint density at radius 3 is 2.67 bits per heavy atom. The van der Waals surface area contributed by atoms with Crippen LogP contribution in [-0.2, 0) is 11.8 Å². The highest BCUT2D eigenvalue weighted by atomic mass is 16.6. The predicted octanol–water partition coefficient (Wildman–Crippen LogP) is 3.32. The van der Waals surface area contributed by atoms with E-state index in [1.54, 1.807) is 10.9 Å². The minimum Gasteiger partial charge on any atom is -0.491 e. The number of amides is 1. The van der Waals surface area contributed by atoms with Crippen LogP contribution in [-0.4, -0.2) is 51.9 Å². The van der Waals surface area contributed by atoms with E-state index in [0.717, 1.165) is 33.2 Å². The quantitative estimate of drug-likeness (QED) is 0.387. The molecule has 10 heteroatoms. The number of ether oxygens (including phenoxy) is 2. The molecule has 2 aromatic heterocycles. The Kier molecular flexibility index (Phi) is 7.14. The molecule has 0 unspecified atom stereocenters. The van der Waals surface area contributed by atoms with Crippen LogP contribution in [0.25, 0.3) is 22.0 Å². The molecule has 2 N–H and O–H groups in total. The molecule has 0 bridgehead atoms. The second-order valence-corrected chi connectivity index (χ2v) is 9.89. The van der Waals surface area contributed by atoms with Crippen LogP contribution in [0.2, 0.25) is 0 Å². The maximum absolute atomic E-state index is 12.1. The number of hydrogen-bond donors (Lipinski definition) is 2. The van der Waals surface area contributed by atoms with Gasteiger partial charge in [0.25, 0.3) is 0 Å². The summed E-state index contributed by atoms with van der Waals surface area (Å²) in [6, 6.07) is 11.6. The van der Waals surface area contributed by atoms with Crippen molar-refractivity contribution < 1.29 is 14.3 Å². The Bertz CT molecular complexity index is 1380. The fourth-order valence-corrected chi connectivity index (χ4v) is 3.61. The highest BCUT2D eigenvalue weighted by Crippen LogP contribution is 2.30. The number of rotatable bonds is 7. The third kappa shape index (κ3) is 6.75. The van der Waals surface area contributed by atoms with Gasteiger partial charge in [-0.3, -0.25) is 4.68 Å². The summed E-state index contributed by atoms with van der Waals surface area (Å²) >= 11 is 0. The molecule has 0 aliphatic rings. The van der Waals surface area contributed by atoms with Crippen molar-refractivity contribution in [1.82, 2.24) is 25.1 Å². The first-order valence-corrected chi connectivity index (χ1v) is 11.8. The summed E-state index contributed by atoms with van der Waals surface area (Å²) < 4.78 is 13.1. The lowest BCUT2D eigenvalue weighted by atomic mass is 9.95. The molecule has 186 valence electrons. The molecule has 9 nitrogen and oxygen atoms in total. The minimum atomic E-state index is -0.563. The number of hydrogen-bond acceptors (Lipinski definition) is 7. The van der Waals surface area contributed by atoms with E-state index >= 15 is 0 Å². The molecule has 36 heavy (non-hydrogen) atoms. The average Bonchev–Trinajstić information content (AvgIpc) is 3.23. The molecule has 0 aliphatic heterocycles. The lowest BCUT2D eigenvalue weighted by molar-refractivity contribution is 0.0494. The van der Waals surface area contributed by atoms with Crippen molar-refractivity contribution in [3.63, 3.8) is 0 Å². The number of benzene rings is 2. The van der Waals surface area contributed by atoms with E-state index in [4.69, 9.17) is 9.47 Å². The van der Waals surface area contributed by atoms with Crippen molar-refractivity contribution >= 4 is 41.9 Å². The molecule has 0 saturated carbocycles. The molecule has 2 aromatic carbocycles. The van der Waals surface area contributed by atoms with Crippen LogP contribution in [0.4, 0.5) is 16.4 Å². The summed E-state index contributed by atoms with van der Waals surface area (Å²) in [7, 11) is 3.92. The number of alkyl carbamates (subject to hydrolysis) is 1. The molecular formula is C26H31BN6O3. The summed E-state index contributed by atoms with van der Waals surface area (Å²) in [5.74, 6) is 1.12. The number of nitrogens with one attached hydrogen (secondary N) is 2. The van der Waals surface area contributed by atoms with Gasteiger partial charge in [0.05, 0.1) is 17.8 Å². The highest BCUT2D eigenvalue weighted by molar-refractivity contribution is 6.33. The molecule has 0 fully saturated rings. The zero-order valence-corrected chi connectivity index (χ0v) is 21.5. The maximum atomic E-state index is 12.1. The van der Waals surface area contributed by atoms with Crippen LogP contribution < -0.4 is 20.8 Å². The van der Waals surface area contributed by atoms with Crippen molar-refractivity contribution in [1.29, 1.82) is 0 Å². The van der Waals surface area contributed by atoms with Gasteiger partial charge in [0.1, 0.15) is 25.8 Å². The summed E-state index contributed by atoms with van der Waals surface area (Å²) in [6.45, 7) is 7.60. The van der Waals surface area contributed by atoms with E-state index < -0.39 is 11.7 Å². The number of anilines is 2. The van der Waals surface area contributed by atoms with Gasteiger partial charge in [0.2, 0.25) is 5.95 Å². The predicted molar refractivity (Wildman–Crippen MR) is 144 cm³/mol. The molecule has 0 saturated heterocycles. The Morgan fingerprint density at radius 1 is 1.14 bits per heavy atom. The van der Waals surface area contributed by atoms with Gasteiger partial charge in [-0.05, 0) is 51.5 Å². The van der Waals surface area contributed by atoms with E-state index in [2.05, 4.69) is 31.8 Å². The normalized spacial score (nSPS) is 12.2. The molecule has 0 aliphatic carbocycles. The molecule has 2 heterocycles. The number of nitrogens with zero attached hydrogens (tertiary/aromatic N) is 4. The monoisotopic (exact) mass is 486 g/mol. The zero-order valence-electron chi connectivity index (χ0n) is 21.5. The minimum absolute atomic E-state index is 0.259. The Balaban J connectivity index is 1.54. The largest absolute Gasteiger partial charge is 0.491 e. The molecule has 1 atom stereocenters. The average molecular weight is 486 g/mol. The second-order valence-electron chi connectivity index (χ2n) is 9.89. The van der Waals surface area contributed by atoms with Crippen molar-refractivity contribution in [2.24, 2.45) is 7.05 Å². The van der Waals surface area contributed by atoms with Crippen LogP contribution in [0.5, 0.6) is 5.75 Å². The van der Waals surface area contributed by atoms with Crippen molar-refractivity contribution in [3.05, 3.63) is 55.0 Å². The summed E-state index contributed by atoms with van der Waals surface area (Å²) in [5, 5.41) is 11.4. The van der Waals surface area contributed by atoms with Gasteiger partial charge >= 0.3 is 6.09 Å². The van der Waals surface area contributed by atoms with Gasteiger partial charge in [0, 0.05) is 42.1 Å². The second kappa shape index (κ2) is 10.3. The smallest absolute Gasteiger partial charge is 0.407 e. The third-order valence-corrected chi connectivity index (χ3v) is 5.20. The first kappa shape index (κ1) is 25.0. The van der Waals surface area contributed by atoms with Crippen LogP contribution >= 0.6 is 0 Å². The van der Waals surface area contributed by atoms with E-state index in [9.17, 15) is 4.79 Å². The first-order chi connectivity index (χ1) is 17.0. The number of fused-ring (bicyclic) bond motifs is 1. The summed E-state index contributed by atoms with van der Waals surface area (Å²) in [4.78, 5) is 21.2. The number of carbonyl (C=O) groups is 1. The molecule has 4 aromatic rings. The number of aromatic nitrogens is 4. The van der Waals surface area contributed by atoms with Gasteiger partial charge in [-0.15, -0.1) is 0 Å². The van der Waals surface area contributed by atoms with Gasteiger partial charge < -0.3 is 20.1 Å². The number of carbonyl (C=O) groups excluding carboxylic acids is 1. The fraction of sp³-hybridized carbons (Fsp3) is 0.308. The van der Waals surface area contributed by atoms with Crippen LogP contribution in [0, 0.1) is 0 Å². The van der Waals surface area contributed by atoms with E-state index in [-0.39, 0.29) is 12.6 Å². The summed E-state index contributed by atoms with van der Waals surface area (Å²) in [6.07, 6.45) is 5.06. The van der Waals surface area contributed by atoms with E-state index in [1.165, 1.54) is 0 Å². The van der Waals surface area contributed by atoms with Crippen LogP contribution in [0.1, 0.15) is 27.7 Å². The van der Waals surface area contributed by atoms with Crippen molar-refractivity contribution in [2.75, 3.05) is 11.9 Å². The Labute approximate surface area is 211 Å². The molecular weight excluding hydrogens is 455 g/mol.